The van der Waals surface area contributed by atoms with Crippen LogP contribution < -0.4 is 5.32 Å². The molecule has 0 rings (SSSR count). The summed E-state index contributed by atoms with van der Waals surface area (Å²) in [4.78, 5) is 10.8. The van der Waals surface area contributed by atoms with Gasteiger partial charge in [0.2, 0.25) is 5.91 Å². The predicted molar refractivity (Wildman–Crippen MR) is 60.2 cm³/mol. The average Bonchev–Trinajstić information content (AvgIpc) is 2.21. The van der Waals surface area contributed by atoms with E-state index in [0.717, 1.165) is 19.3 Å². The monoisotopic (exact) mass is 196 g/mol. The van der Waals surface area contributed by atoms with Crippen molar-refractivity contribution in [2.45, 2.75) is 51.4 Å². The van der Waals surface area contributed by atoms with Crippen LogP contribution in [0, 0.1) is 0 Å². The van der Waals surface area contributed by atoms with Gasteiger partial charge >= 0.3 is 0 Å². The van der Waals surface area contributed by atoms with Gasteiger partial charge in [0.25, 0.3) is 0 Å². The van der Waals surface area contributed by atoms with Crippen molar-refractivity contribution in [3.05, 3.63) is 12.7 Å². The molecular weight excluding hydrogens is 174 g/mol. The normalized spacial score (nSPS) is 9.79. The van der Waals surface area contributed by atoms with Gasteiger partial charge in [0.15, 0.2) is 0 Å². The summed E-state index contributed by atoms with van der Waals surface area (Å²) in [5.74, 6) is 0.0386. The molecular formula is C12H22NO. The number of amides is 1. The van der Waals surface area contributed by atoms with Gasteiger partial charge in [-0.05, 0) is 19.3 Å². The Hall–Kier alpha value is -0.790. The van der Waals surface area contributed by atoms with E-state index in [2.05, 4.69) is 11.9 Å². The van der Waals surface area contributed by atoms with Gasteiger partial charge in [0, 0.05) is 13.5 Å². The van der Waals surface area contributed by atoms with Crippen LogP contribution in [0.25, 0.3) is 0 Å². The largest absolute Gasteiger partial charge is 0.273 e. The molecule has 0 aliphatic heterocycles. The van der Waals surface area contributed by atoms with Gasteiger partial charge in [-0.2, -0.15) is 0 Å². The molecule has 0 unspecified atom stereocenters. The highest BCUT2D eigenvalue weighted by molar-refractivity contribution is 5.75. The molecule has 0 aromatic heterocycles. The van der Waals surface area contributed by atoms with E-state index in [-0.39, 0.29) is 5.91 Å². The van der Waals surface area contributed by atoms with Crippen molar-refractivity contribution in [1.29, 1.82) is 0 Å². The maximum Gasteiger partial charge on any atom is 0.240 e. The van der Waals surface area contributed by atoms with E-state index >= 15 is 0 Å². The smallest absolute Gasteiger partial charge is 0.240 e. The topological polar surface area (TPSA) is 31.2 Å². The van der Waals surface area contributed by atoms with Crippen LogP contribution in [0.15, 0.2) is 12.7 Å². The van der Waals surface area contributed by atoms with E-state index in [1.165, 1.54) is 25.7 Å². The number of nitrogens with zero attached hydrogens (tertiary/aromatic N) is 1. The van der Waals surface area contributed by atoms with Gasteiger partial charge in [0.1, 0.15) is 0 Å². The lowest BCUT2D eigenvalue weighted by Crippen LogP contribution is -2.09. The molecule has 0 aromatic rings. The molecule has 14 heavy (non-hydrogen) atoms. The van der Waals surface area contributed by atoms with Crippen LogP contribution in [-0.2, 0) is 4.79 Å². The van der Waals surface area contributed by atoms with Crippen molar-refractivity contribution in [2.75, 3.05) is 7.05 Å². The van der Waals surface area contributed by atoms with E-state index in [4.69, 9.17) is 0 Å². The van der Waals surface area contributed by atoms with Crippen molar-refractivity contribution in [3.8, 4) is 0 Å². The zero-order chi connectivity index (χ0) is 10.6. The molecule has 0 aliphatic rings. The summed E-state index contributed by atoms with van der Waals surface area (Å²) >= 11 is 0. The Labute approximate surface area is 87.8 Å². The van der Waals surface area contributed by atoms with Gasteiger partial charge in [0.05, 0.1) is 0 Å². The second-order valence-electron chi connectivity index (χ2n) is 3.57. The summed E-state index contributed by atoms with van der Waals surface area (Å²) in [7, 11) is 1.57. The van der Waals surface area contributed by atoms with Crippen LogP contribution in [0.4, 0.5) is 0 Å². The van der Waals surface area contributed by atoms with Crippen LogP contribution in [-0.4, -0.2) is 13.0 Å². The minimum absolute atomic E-state index is 0.0386. The predicted octanol–water partition coefficient (Wildman–Crippen LogP) is 3.05. The molecule has 0 atom stereocenters. The summed E-state index contributed by atoms with van der Waals surface area (Å²) in [5.41, 5.74) is 0. The summed E-state index contributed by atoms with van der Waals surface area (Å²) < 4.78 is 0. The molecule has 0 heterocycles. The van der Waals surface area contributed by atoms with Gasteiger partial charge in [-0.15, -0.1) is 6.58 Å². The molecule has 0 bridgehead atoms. The van der Waals surface area contributed by atoms with Crippen molar-refractivity contribution in [2.24, 2.45) is 0 Å². The SMILES string of the molecule is C=CCCCCCCCCC(=O)[N]C. The highest BCUT2D eigenvalue weighted by atomic mass is 16.1. The van der Waals surface area contributed by atoms with Crippen LogP contribution in [0.1, 0.15) is 51.4 Å². The zero-order valence-corrected chi connectivity index (χ0v) is 9.30. The Morgan fingerprint density at radius 3 is 2.29 bits per heavy atom. The molecule has 1 radical (unpaired) electrons. The summed E-state index contributed by atoms with van der Waals surface area (Å²) in [5, 5.41) is 3.60. The van der Waals surface area contributed by atoms with Crippen LogP contribution in [0.5, 0.6) is 0 Å². The average molecular weight is 196 g/mol. The first-order chi connectivity index (χ1) is 6.81. The van der Waals surface area contributed by atoms with Crippen molar-refractivity contribution < 1.29 is 4.79 Å². The van der Waals surface area contributed by atoms with Gasteiger partial charge in [-0.1, -0.05) is 31.8 Å². The third-order valence-corrected chi connectivity index (χ3v) is 2.30. The molecule has 0 spiro atoms. The molecule has 0 N–H and O–H groups in total. The Kier molecular flexibility index (Phi) is 9.71. The number of carbonyl (C=O) groups is 1. The van der Waals surface area contributed by atoms with E-state index in [1.54, 1.807) is 7.05 Å². The van der Waals surface area contributed by atoms with Gasteiger partial charge in [-0.3, -0.25) is 10.1 Å². The molecule has 1 amide bonds. The summed E-state index contributed by atoms with van der Waals surface area (Å²) in [6.07, 6.45) is 11.0. The molecule has 0 fully saturated rings. The molecule has 2 nitrogen and oxygen atoms in total. The number of allylic oxidation sites excluding steroid dienone is 1. The second kappa shape index (κ2) is 10.3. The third-order valence-electron chi connectivity index (χ3n) is 2.30. The fourth-order valence-electron chi connectivity index (χ4n) is 1.38. The fourth-order valence-corrected chi connectivity index (χ4v) is 1.38. The first kappa shape index (κ1) is 13.2. The first-order valence-electron chi connectivity index (χ1n) is 5.54. The molecule has 0 aromatic carbocycles. The molecule has 0 saturated heterocycles. The standard InChI is InChI=1S/C12H22NO/c1-3-4-5-6-7-8-9-10-11-12(14)13-2/h3H,1,4-11H2,2H3. The number of hydrogen-bond donors (Lipinski definition) is 0. The van der Waals surface area contributed by atoms with E-state index in [0.29, 0.717) is 6.42 Å². The molecule has 2 heteroatoms. The molecule has 0 aliphatic carbocycles. The van der Waals surface area contributed by atoms with Gasteiger partial charge in [-0.25, -0.2) is 0 Å². The lowest BCUT2D eigenvalue weighted by atomic mass is 10.1. The van der Waals surface area contributed by atoms with E-state index in [9.17, 15) is 4.79 Å². The fraction of sp³-hybridized carbons (Fsp3) is 0.750. The van der Waals surface area contributed by atoms with Crippen LogP contribution in [0.3, 0.4) is 0 Å². The zero-order valence-electron chi connectivity index (χ0n) is 9.30. The first-order valence-corrected chi connectivity index (χ1v) is 5.54. The number of carbonyl (C=O) groups excluding carboxylic acids is 1. The van der Waals surface area contributed by atoms with Gasteiger partial charge < -0.3 is 0 Å². The maximum atomic E-state index is 10.8. The van der Waals surface area contributed by atoms with E-state index in [1.807, 2.05) is 6.08 Å². The quantitative estimate of drug-likeness (QED) is 0.412. The highest BCUT2D eigenvalue weighted by Gasteiger charge is 1.98. The minimum atomic E-state index is 0.0386. The minimum Gasteiger partial charge on any atom is -0.273 e. The highest BCUT2D eigenvalue weighted by Crippen LogP contribution is 2.08. The van der Waals surface area contributed by atoms with Crippen molar-refractivity contribution >= 4 is 5.91 Å². The van der Waals surface area contributed by atoms with Crippen molar-refractivity contribution in [3.63, 3.8) is 0 Å². The number of hydrogen-bond acceptors (Lipinski definition) is 1. The van der Waals surface area contributed by atoms with Crippen LogP contribution >= 0.6 is 0 Å². The number of unbranched alkanes of at least 4 members (excludes halogenated alkanes) is 6. The lowest BCUT2D eigenvalue weighted by Gasteiger charge is -1.99. The molecule has 81 valence electrons. The summed E-state index contributed by atoms with van der Waals surface area (Å²) in [6, 6.07) is 0. The lowest BCUT2D eigenvalue weighted by molar-refractivity contribution is -0.121. The van der Waals surface area contributed by atoms with Crippen LogP contribution in [0.2, 0.25) is 0 Å². The van der Waals surface area contributed by atoms with Crippen molar-refractivity contribution in [1.82, 2.24) is 5.32 Å². The van der Waals surface area contributed by atoms with E-state index < -0.39 is 0 Å². The maximum absolute atomic E-state index is 10.8. The summed E-state index contributed by atoms with van der Waals surface area (Å²) in [6.45, 7) is 3.69. The Morgan fingerprint density at radius 2 is 1.71 bits per heavy atom. The molecule has 0 saturated carbocycles. The second-order valence-corrected chi connectivity index (χ2v) is 3.57. The Morgan fingerprint density at radius 1 is 1.14 bits per heavy atom. The third kappa shape index (κ3) is 9.30. The Bertz CT molecular complexity index is 154. The number of rotatable bonds is 9. The Balaban J connectivity index is 2.98.